The summed E-state index contributed by atoms with van der Waals surface area (Å²) in [4.78, 5) is 1.34. The molecule has 0 saturated heterocycles. The molecule has 1 atom stereocenters. The van der Waals surface area contributed by atoms with E-state index in [4.69, 9.17) is 0 Å². The zero-order valence-electron chi connectivity index (χ0n) is 10.8. The van der Waals surface area contributed by atoms with Crippen molar-refractivity contribution in [1.82, 2.24) is 5.32 Å². The first-order valence-electron chi connectivity index (χ1n) is 6.12. The Hall–Kier alpha value is -0.120. The fourth-order valence-electron chi connectivity index (χ4n) is 1.94. The van der Waals surface area contributed by atoms with Crippen LogP contribution in [-0.4, -0.2) is 23.8 Å². The first-order chi connectivity index (χ1) is 8.19. The molecule has 1 aliphatic carbocycles. The van der Waals surface area contributed by atoms with Crippen LogP contribution in [0.25, 0.3) is 0 Å². The fraction of sp³-hybridized carbons (Fsp3) is 0.571. The van der Waals surface area contributed by atoms with Crippen molar-refractivity contribution < 1.29 is 0 Å². The van der Waals surface area contributed by atoms with E-state index in [1.165, 1.54) is 23.3 Å². The van der Waals surface area contributed by atoms with Crippen LogP contribution in [0, 0.1) is 0 Å². The minimum atomic E-state index is 0.454. The molecule has 1 aliphatic rings. The van der Waals surface area contributed by atoms with Crippen LogP contribution in [0.4, 0.5) is 0 Å². The molecule has 94 valence electrons. The normalized spacial score (nSPS) is 19.0. The molecule has 1 saturated carbocycles. The second-order valence-corrected chi connectivity index (χ2v) is 6.92. The van der Waals surface area contributed by atoms with E-state index >= 15 is 0 Å². The van der Waals surface area contributed by atoms with Crippen LogP contribution in [0.1, 0.15) is 31.4 Å². The van der Waals surface area contributed by atoms with E-state index in [1.807, 2.05) is 11.8 Å². The predicted octanol–water partition coefficient (Wildman–Crippen LogP) is 3.95. The minimum absolute atomic E-state index is 0.454. The highest BCUT2D eigenvalue weighted by atomic mass is 32.2. The van der Waals surface area contributed by atoms with Crippen LogP contribution in [0.15, 0.2) is 29.2 Å². The van der Waals surface area contributed by atoms with Crippen LogP contribution in [0.2, 0.25) is 0 Å². The van der Waals surface area contributed by atoms with Gasteiger partial charge in [0, 0.05) is 22.2 Å². The van der Waals surface area contributed by atoms with E-state index in [-0.39, 0.29) is 0 Å². The van der Waals surface area contributed by atoms with Crippen molar-refractivity contribution in [2.75, 3.05) is 19.1 Å². The van der Waals surface area contributed by atoms with Crippen molar-refractivity contribution >= 4 is 23.5 Å². The summed E-state index contributed by atoms with van der Waals surface area (Å²) in [5.41, 5.74) is 1.39. The Labute approximate surface area is 113 Å². The summed E-state index contributed by atoms with van der Waals surface area (Å²) in [5, 5.41) is 3.66. The first-order valence-corrected chi connectivity index (χ1v) is 8.56. The monoisotopic (exact) mass is 267 g/mol. The molecule has 0 amide bonds. The second kappa shape index (κ2) is 5.68. The van der Waals surface area contributed by atoms with Gasteiger partial charge in [0.25, 0.3) is 0 Å². The van der Waals surface area contributed by atoms with Gasteiger partial charge in [-0.05, 0) is 50.0 Å². The average Bonchev–Trinajstić information content (AvgIpc) is 3.17. The SMILES string of the molecule is CSc1ccc(C(C)NCC2(SC)CC2)cc1. The predicted molar refractivity (Wildman–Crippen MR) is 80.1 cm³/mol. The first kappa shape index (κ1) is 13.3. The standard InChI is InChI=1S/C14H21NS2/c1-11(15-10-14(17-3)8-9-14)12-4-6-13(16-2)7-5-12/h4-7,11,15H,8-10H2,1-3H3. The van der Waals surface area contributed by atoms with Gasteiger partial charge in [0.1, 0.15) is 0 Å². The van der Waals surface area contributed by atoms with Crippen molar-refractivity contribution in [2.45, 2.75) is 35.4 Å². The third-order valence-electron chi connectivity index (χ3n) is 3.59. The zero-order valence-corrected chi connectivity index (χ0v) is 12.5. The van der Waals surface area contributed by atoms with Crippen molar-refractivity contribution in [1.29, 1.82) is 0 Å². The highest BCUT2D eigenvalue weighted by Gasteiger charge is 2.41. The van der Waals surface area contributed by atoms with Gasteiger partial charge in [0.2, 0.25) is 0 Å². The summed E-state index contributed by atoms with van der Waals surface area (Å²) in [6.45, 7) is 3.39. The highest BCUT2D eigenvalue weighted by molar-refractivity contribution is 8.00. The van der Waals surface area contributed by atoms with Gasteiger partial charge in [-0.3, -0.25) is 0 Å². The molecule has 1 fully saturated rings. The summed E-state index contributed by atoms with van der Waals surface area (Å²) in [5.74, 6) is 0. The fourth-order valence-corrected chi connectivity index (χ4v) is 3.09. The lowest BCUT2D eigenvalue weighted by molar-refractivity contribution is 0.563. The number of nitrogens with one attached hydrogen (secondary N) is 1. The van der Waals surface area contributed by atoms with Crippen molar-refractivity contribution in [3.05, 3.63) is 29.8 Å². The molecule has 0 aromatic heterocycles. The summed E-state index contributed by atoms with van der Waals surface area (Å²) >= 11 is 3.81. The number of hydrogen-bond acceptors (Lipinski definition) is 3. The van der Waals surface area contributed by atoms with Crippen molar-refractivity contribution in [2.24, 2.45) is 0 Å². The van der Waals surface area contributed by atoms with E-state index in [2.05, 4.69) is 49.0 Å². The Kier molecular flexibility index (Phi) is 4.45. The molecule has 3 heteroatoms. The molecule has 0 aliphatic heterocycles. The molecular weight excluding hydrogens is 246 g/mol. The molecule has 17 heavy (non-hydrogen) atoms. The zero-order chi connectivity index (χ0) is 12.3. The molecule has 0 radical (unpaired) electrons. The molecule has 0 bridgehead atoms. The highest BCUT2D eigenvalue weighted by Crippen LogP contribution is 2.46. The van der Waals surface area contributed by atoms with Gasteiger partial charge >= 0.3 is 0 Å². The molecule has 1 aromatic carbocycles. The van der Waals surface area contributed by atoms with Crippen LogP contribution in [-0.2, 0) is 0 Å². The Morgan fingerprint density at radius 2 is 1.88 bits per heavy atom. The van der Waals surface area contributed by atoms with Gasteiger partial charge in [0.15, 0.2) is 0 Å². The van der Waals surface area contributed by atoms with Crippen LogP contribution in [0.3, 0.4) is 0 Å². The van der Waals surface area contributed by atoms with Gasteiger partial charge in [-0.2, -0.15) is 11.8 Å². The Morgan fingerprint density at radius 3 is 2.35 bits per heavy atom. The topological polar surface area (TPSA) is 12.0 Å². The maximum Gasteiger partial charge on any atom is 0.0292 e. The number of benzene rings is 1. The lowest BCUT2D eigenvalue weighted by atomic mass is 10.1. The lowest BCUT2D eigenvalue weighted by Crippen LogP contribution is -2.28. The summed E-state index contributed by atoms with van der Waals surface area (Å²) in [6, 6.07) is 9.35. The smallest absolute Gasteiger partial charge is 0.0292 e. The molecule has 1 nitrogen and oxygen atoms in total. The maximum absolute atomic E-state index is 3.66. The Morgan fingerprint density at radius 1 is 1.24 bits per heavy atom. The van der Waals surface area contributed by atoms with Gasteiger partial charge in [0.05, 0.1) is 0 Å². The summed E-state index contributed by atoms with van der Waals surface area (Å²) in [7, 11) is 0. The molecule has 2 rings (SSSR count). The molecular formula is C14H21NS2. The van der Waals surface area contributed by atoms with Gasteiger partial charge in [-0.25, -0.2) is 0 Å². The molecule has 1 unspecified atom stereocenters. The molecule has 0 heterocycles. The Bertz CT molecular complexity index is 357. The third kappa shape index (κ3) is 3.43. The van der Waals surface area contributed by atoms with E-state index in [9.17, 15) is 0 Å². The number of hydrogen-bond donors (Lipinski definition) is 1. The van der Waals surface area contributed by atoms with Gasteiger partial charge in [-0.1, -0.05) is 12.1 Å². The quantitative estimate of drug-likeness (QED) is 0.784. The van der Waals surface area contributed by atoms with E-state index in [1.54, 1.807) is 11.8 Å². The van der Waals surface area contributed by atoms with E-state index in [0.717, 1.165) is 6.54 Å². The summed E-state index contributed by atoms with van der Waals surface area (Å²) < 4.78 is 0.549. The number of rotatable bonds is 6. The van der Waals surface area contributed by atoms with E-state index < -0.39 is 0 Å². The van der Waals surface area contributed by atoms with Crippen LogP contribution in [0.5, 0.6) is 0 Å². The molecule has 1 N–H and O–H groups in total. The maximum atomic E-state index is 3.66. The largest absolute Gasteiger partial charge is 0.309 e. The molecule has 1 aromatic rings. The van der Waals surface area contributed by atoms with Crippen LogP contribution < -0.4 is 5.32 Å². The lowest BCUT2D eigenvalue weighted by Gasteiger charge is -2.19. The minimum Gasteiger partial charge on any atom is -0.309 e. The molecule has 0 spiro atoms. The third-order valence-corrected chi connectivity index (χ3v) is 5.75. The summed E-state index contributed by atoms with van der Waals surface area (Å²) in [6.07, 6.45) is 7.09. The van der Waals surface area contributed by atoms with Crippen LogP contribution >= 0.6 is 23.5 Å². The Balaban J connectivity index is 1.88. The van der Waals surface area contributed by atoms with E-state index in [0.29, 0.717) is 10.8 Å². The van der Waals surface area contributed by atoms with Crippen molar-refractivity contribution in [3.63, 3.8) is 0 Å². The van der Waals surface area contributed by atoms with Gasteiger partial charge < -0.3 is 5.32 Å². The van der Waals surface area contributed by atoms with Crippen molar-refractivity contribution in [3.8, 4) is 0 Å². The van der Waals surface area contributed by atoms with Gasteiger partial charge in [-0.15, -0.1) is 11.8 Å². The average molecular weight is 267 g/mol. The number of thioether (sulfide) groups is 2. The second-order valence-electron chi connectivity index (χ2n) is 4.76.